The first-order chi connectivity index (χ1) is 12.9. The Morgan fingerprint density at radius 3 is 2.78 bits per heavy atom. The lowest BCUT2D eigenvalue weighted by atomic mass is 10.2. The molecule has 1 atom stereocenters. The molecular formula is C18H25N5O3S. The van der Waals surface area contributed by atoms with Gasteiger partial charge in [-0.2, -0.15) is 14.9 Å². The molecule has 1 amide bonds. The van der Waals surface area contributed by atoms with Crippen LogP contribution in [0.5, 0.6) is 11.5 Å². The molecule has 0 spiro atoms. The van der Waals surface area contributed by atoms with E-state index in [1.807, 2.05) is 26.0 Å². The monoisotopic (exact) mass is 391 g/mol. The van der Waals surface area contributed by atoms with Crippen molar-refractivity contribution in [2.45, 2.75) is 33.3 Å². The van der Waals surface area contributed by atoms with Crippen LogP contribution in [0.1, 0.15) is 32.2 Å². The third-order valence-electron chi connectivity index (χ3n) is 3.72. The minimum absolute atomic E-state index is 0.121. The Labute approximate surface area is 163 Å². The Hall–Kier alpha value is -2.68. The molecule has 1 N–H and O–H groups in total. The summed E-state index contributed by atoms with van der Waals surface area (Å²) in [6.45, 7) is 6.05. The number of aromatic nitrogens is 3. The van der Waals surface area contributed by atoms with Gasteiger partial charge in [-0.1, -0.05) is 6.92 Å². The van der Waals surface area contributed by atoms with E-state index in [1.165, 1.54) is 4.90 Å². The highest BCUT2D eigenvalue weighted by Crippen LogP contribution is 2.29. The summed E-state index contributed by atoms with van der Waals surface area (Å²) in [7, 11) is 3.38. The molecule has 1 aromatic heterocycles. The average Bonchev–Trinajstić information content (AvgIpc) is 3.00. The molecule has 1 aromatic carbocycles. The van der Waals surface area contributed by atoms with Crippen molar-refractivity contribution in [2.75, 3.05) is 20.7 Å². The van der Waals surface area contributed by atoms with E-state index < -0.39 is 6.10 Å². The number of H-pyrrole nitrogens is 1. The van der Waals surface area contributed by atoms with E-state index in [2.05, 4.69) is 15.3 Å². The zero-order valence-electron chi connectivity index (χ0n) is 16.2. The Bertz CT molecular complexity index is 872. The summed E-state index contributed by atoms with van der Waals surface area (Å²) in [5, 5.41) is 11.2. The van der Waals surface area contributed by atoms with Gasteiger partial charge in [0, 0.05) is 20.5 Å². The van der Waals surface area contributed by atoms with Crippen molar-refractivity contribution in [1.29, 1.82) is 0 Å². The topological polar surface area (TPSA) is 84.7 Å². The van der Waals surface area contributed by atoms with E-state index in [-0.39, 0.29) is 5.91 Å². The van der Waals surface area contributed by atoms with Crippen molar-refractivity contribution in [2.24, 2.45) is 5.10 Å². The zero-order valence-corrected chi connectivity index (χ0v) is 17.0. The van der Waals surface area contributed by atoms with Crippen molar-refractivity contribution in [1.82, 2.24) is 19.8 Å². The molecule has 0 radical (unpaired) electrons. The maximum Gasteiger partial charge on any atom is 0.262 e. The second kappa shape index (κ2) is 9.31. The Morgan fingerprint density at radius 1 is 1.41 bits per heavy atom. The molecular weight excluding hydrogens is 366 g/mol. The molecule has 0 unspecified atom stereocenters. The van der Waals surface area contributed by atoms with Gasteiger partial charge in [-0.15, -0.1) is 0 Å². The number of likely N-dealkylation sites (N-methyl/N-ethyl adjacent to an activating group) is 1. The first kappa shape index (κ1) is 20.6. The summed E-state index contributed by atoms with van der Waals surface area (Å²) in [5.41, 5.74) is 0.808. The second-order valence-corrected chi connectivity index (χ2v) is 6.37. The number of ether oxygens (including phenoxy) is 2. The molecule has 8 nitrogen and oxygen atoms in total. The molecule has 0 saturated carbocycles. The molecule has 2 rings (SSSR count). The van der Waals surface area contributed by atoms with Gasteiger partial charge in [0.25, 0.3) is 5.91 Å². The quantitative estimate of drug-likeness (QED) is 0.552. The molecule has 0 saturated heterocycles. The number of hydrogen-bond donors (Lipinski definition) is 1. The van der Waals surface area contributed by atoms with E-state index >= 15 is 0 Å². The van der Waals surface area contributed by atoms with Gasteiger partial charge in [0.05, 0.1) is 12.8 Å². The first-order valence-corrected chi connectivity index (χ1v) is 9.13. The van der Waals surface area contributed by atoms with Crippen LogP contribution in [0.15, 0.2) is 23.3 Å². The lowest BCUT2D eigenvalue weighted by Gasteiger charge is -2.20. The Morgan fingerprint density at radius 2 is 2.15 bits per heavy atom. The SMILES string of the molecule is CCOc1cc(/C=N\n2c(CC)n[nH]c2=S)ccc1O[C@H](C)C(=O)N(C)C. The minimum Gasteiger partial charge on any atom is -0.490 e. The number of aryl methyl sites for hydroxylation is 1. The van der Waals surface area contributed by atoms with Gasteiger partial charge >= 0.3 is 0 Å². The molecule has 146 valence electrons. The van der Waals surface area contributed by atoms with Crippen molar-refractivity contribution >= 4 is 24.3 Å². The first-order valence-electron chi connectivity index (χ1n) is 8.72. The number of carbonyl (C=O) groups excluding carboxylic acids is 1. The van der Waals surface area contributed by atoms with Crippen LogP contribution in [0.4, 0.5) is 0 Å². The fourth-order valence-electron chi connectivity index (χ4n) is 2.37. The molecule has 0 aliphatic rings. The standard InChI is InChI=1S/C18H25N5O3S/c1-6-16-20-21-18(27)23(16)19-11-13-8-9-14(15(10-13)25-7-2)26-12(3)17(24)22(4)5/h8-12H,6-7H2,1-5H3,(H,21,27)/b19-11-/t12-/m1/s1. The van der Waals surface area contributed by atoms with Crippen LogP contribution in [-0.2, 0) is 11.2 Å². The van der Waals surface area contributed by atoms with Crippen LogP contribution in [0.2, 0.25) is 0 Å². The van der Waals surface area contributed by atoms with Crippen LogP contribution >= 0.6 is 12.2 Å². The normalized spacial score (nSPS) is 12.2. The van der Waals surface area contributed by atoms with Crippen molar-refractivity contribution < 1.29 is 14.3 Å². The molecule has 1 heterocycles. The van der Waals surface area contributed by atoms with E-state index in [9.17, 15) is 4.79 Å². The average molecular weight is 391 g/mol. The molecule has 9 heteroatoms. The number of hydrogen-bond acceptors (Lipinski definition) is 6. The van der Waals surface area contributed by atoms with E-state index in [0.29, 0.717) is 29.3 Å². The predicted octanol–water partition coefficient (Wildman–Crippen LogP) is 2.64. The molecule has 0 aliphatic carbocycles. The minimum atomic E-state index is -0.616. The summed E-state index contributed by atoms with van der Waals surface area (Å²) in [4.78, 5) is 13.5. The van der Waals surface area contributed by atoms with Gasteiger partial charge in [0.1, 0.15) is 0 Å². The van der Waals surface area contributed by atoms with Gasteiger partial charge in [0.2, 0.25) is 4.77 Å². The van der Waals surface area contributed by atoms with Gasteiger partial charge in [-0.3, -0.25) is 9.89 Å². The summed E-state index contributed by atoms with van der Waals surface area (Å²) in [5.74, 6) is 1.68. The molecule has 0 fully saturated rings. The number of benzene rings is 1. The number of aromatic amines is 1. The van der Waals surface area contributed by atoms with Gasteiger partial charge < -0.3 is 14.4 Å². The summed E-state index contributed by atoms with van der Waals surface area (Å²) in [6, 6.07) is 5.41. The summed E-state index contributed by atoms with van der Waals surface area (Å²) < 4.78 is 13.5. The second-order valence-electron chi connectivity index (χ2n) is 5.99. The van der Waals surface area contributed by atoms with Crippen LogP contribution in [0, 0.1) is 4.77 Å². The third kappa shape index (κ3) is 5.16. The van der Waals surface area contributed by atoms with Crippen molar-refractivity contribution in [3.8, 4) is 11.5 Å². The maximum atomic E-state index is 12.0. The molecule has 27 heavy (non-hydrogen) atoms. The van der Waals surface area contributed by atoms with E-state index in [0.717, 1.165) is 11.4 Å². The van der Waals surface area contributed by atoms with Gasteiger partial charge in [0.15, 0.2) is 23.4 Å². The predicted molar refractivity (Wildman–Crippen MR) is 106 cm³/mol. The van der Waals surface area contributed by atoms with Crippen molar-refractivity contribution in [3.63, 3.8) is 0 Å². The largest absolute Gasteiger partial charge is 0.490 e. The van der Waals surface area contributed by atoms with Gasteiger partial charge in [-0.05, 0) is 49.8 Å². The highest BCUT2D eigenvalue weighted by molar-refractivity contribution is 7.71. The number of amides is 1. The fraction of sp³-hybridized carbons (Fsp3) is 0.444. The summed E-state index contributed by atoms with van der Waals surface area (Å²) >= 11 is 5.19. The number of nitrogens with zero attached hydrogens (tertiary/aromatic N) is 4. The number of nitrogens with one attached hydrogen (secondary N) is 1. The zero-order chi connectivity index (χ0) is 20.0. The van der Waals surface area contributed by atoms with Gasteiger partial charge in [-0.25, -0.2) is 0 Å². The number of rotatable bonds is 8. The van der Waals surface area contributed by atoms with Crippen LogP contribution in [0.3, 0.4) is 0 Å². The Balaban J connectivity index is 2.26. The fourth-order valence-corrected chi connectivity index (χ4v) is 2.57. The highest BCUT2D eigenvalue weighted by atomic mass is 32.1. The lowest BCUT2D eigenvalue weighted by molar-refractivity contribution is -0.135. The Kier molecular flexibility index (Phi) is 7.12. The van der Waals surface area contributed by atoms with Crippen LogP contribution in [-0.4, -0.2) is 58.7 Å². The molecule has 0 bridgehead atoms. The lowest BCUT2D eigenvalue weighted by Crippen LogP contribution is -2.35. The highest BCUT2D eigenvalue weighted by Gasteiger charge is 2.18. The summed E-state index contributed by atoms with van der Waals surface area (Å²) in [6.07, 6.45) is 1.76. The smallest absolute Gasteiger partial charge is 0.262 e. The van der Waals surface area contributed by atoms with E-state index in [1.54, 1.807) is 38.0 Å². The maximum absolute atomic E-state index is 12.0. The van der Waals surface area contributed by atoms with Crippen LogP contribution < -0.4 is 9.47 Å². The van der Waals surface area contributed by atoms with E-state index in [4.69, 9.17) is 21.7 Å². The molecule has 2 aromatic rings. The third-order valence-corrected chi connectivity index (χ3v) is 3.98. The number of carbonyl (C=O) groups is 1. The molecule has 0 aliphatic heterocycles. The van der Waals surface area contributed by atoms with Crippen molar-refractivity contribution in [3.05, 3.63) is 34.4 Å². The van der Waals surface area contributed by atoms with Crippen LogP contribution in [0.25, 0.3) is 0 Å².